The van der Waals surface area contributed by atoms with Crippen LogP contribution in [0.3, 0.4) is 0 Å². The summed E-state index contributed by atoms with van der Waals surface area (Å²) in [5.74, 6) is 0.987. The summed E-state index contributed by atoms with van der Waals surface area (Å²) < 4.78 is 2.13. The van der Waals surface area contributed by atoms with E-state index in [2.05, 4.69) is 35.1 Å². The minimum atomic E-state index is 0.987. The number of nitrogens with zero attached hydrogens (tertiary/aromatic N) is 2. The summed E-state index contributed by atoms with van der Waals surface area (Å²) in [4.78, 5) is 4.71. The number of nitrogens with one attached hydrogen (secondary N) is 1. The Kier molecular flexibility index (Phi) is 2.52. The first-order chi connectivity index (χ1) is 8.81. The summed E-state index contributed by atoms with van der Waals surface area (Å²) >= 11 is 0. The Bertz CT molecular complexity index is 698. The van der Waals surface area contributed by atoms with Crippen molar-refractivity contribution < 1.29 is 0 Å². The van der Waals surface area contributed by atoms with Gasteiger partial charge in [-0.2, -0.15) is 0 Å². The molecule has 0 fully saturated rings. The summed E-state index contributed by atoms with van der Waals surface area (Å²) in [7, 11) is 3.98. The highest BCUT2D eigenvalue weighted by molar-refractivity contribution is 5.83. The van der Waals surface area contributed by atoms with E-state index in [1.54, 1.807) is 0 Å². The maximum Gasteiger partial charge on any atom is 0.142 e. The summed E-state index contributed by atoms with van der Waals surface area (Å²) in [6.07, 6.45) is 0. The lowest BCUT2D eigenvalue weighted by atomic mass is 10.1. The molecule has 0 atom stereocenters. The van der Waals surface area contributed by atoms with Crippen molar-refractivity contribution in [2.75, 3.05) is 12.4 Å². The van der Waals surface area contributed by atoms with Gasteiger partial charge in [0.2, 0.25) is 0 Å². The zero-order valence-electron chi connectivity index (χ0n) is 10.5. The molecule has 18 heavy (non-hydrogen) atoms. The van der Waals surface area contributed by atoms with Crippen LogP contribution in [-0.4, -0.2) is 16.6 Å². The average molecular weight is 237 g/mol. The molecule has 3 aromatic rings. The van der Waals surface area contributed by atoms with E-state index in [4.69, 9.17) is 4.98 Å². The second-order valence-electron chi connectivity index (χ2n) is 4.28. The van der Waals surface area contributed by atoms with Gasteiger partial charge in [0.15, 0.2) is 0 Å². The quantitative estimate of drug-likeness (QED) is 0.741. The Labute approximate surface area is 106 Å². The number of fused-ring (bicyclic) bond motifs is 1. The molecule has 0 radical (unpaired) electrons. The molecular formula is C15H15N3. The summed E-state index contributed by atoms with van der Waals surface area (Å²) in [5.41, 5.74) is 4.40. The molecule has 0 aliphatic rings. The van der Waals surface area contributed by atoms with Crippen molar-refractivity contribution in [3.05, 3.63) is 48.5 Å². The maximum absolute atomic E-state index is 4.71. The number of para-hydroxylation sites is 3. The van der Waals surface area contributed by atoms with Crippen molar-refractivity contribution in [2.45, 2.75) is 0 Å². The number of benzene rings is 2. The monoisotopic (exact) mass is 237 g/mol. The third kappa shape index (κ3) is 1.56. The highest BCUT2D eigenvalue weighted by Crippen LogP contribution is 2.29. The molecule has 0 aliphatic carbocycles. The number of rotatable bonds is 2. The predicted molar refractivity (Wildman–Crippen MR) is 75.7 cm³/mol. The van der Waals surface area contributed by atoms with Crippen molar-refractivity contribution in [3.8, 4) is 11.4 Å². The third-order valence-electron chi connectivity index (χ3n) is 3.22. The first-order valence-electron chi connectivity index (χ1n) is 6.00. The molecule has 3 rings (SSSR count). The maximum atomic E-state index is 4.71. The van der Waals surface area contributed by atoms with Gasteiger partial charge in [-0.05, 0) is 24.3 Å². The van der Waals surface area contributed by atoms with E-state index < -0.39 is 0 Å². The lowest BCUT2D eigenvalue weighted by Crippen LogP contribution is -1.97. The van der Waals surface area contributed by atoms with Crippen molar-refractivity contribution in [2.24, 2.45) is 7.05 Å². The smallest absolute Gasteiger partial charge is 0.142 e. The molecule has 0 bridgehead atoms. The summed E-state index contributed by atoms with van der Waals surface area (Å²) in [6, 6.07) is 16.4. The first-order valence-corrected chi connectivity index (χ1v) is 6.00. The molecule has 0 saturated carbocycles. The predicted octanol–water partition coefficient (Wildman–Crippen LogP) is 3.28. The Morgan fingerprint density at radius 1 is 1.00 bits per heavy atom. The van der Waals surface area contributed by atoms with Gasteiger partial charge >= 0.3 is 0 Å². The minimum absolute atomic E-state index is 0.987. The van der Waals surface area contributed by atoms with Gasteiger partial charge in [0.05, 0.1) is 11.0 Å². The van der Waals surface area contributed by atoms with E-state index >= 15 is 0 Å². The highest BCUT2D eigenvalue weighted by atomic mass is 15.1. The summed E-state index contributed by atoms with van der Waals surface area (Å²) in [6.45, 7) is 0. The number of aromatic nitrogens is 2. The molecule has 0 unspecified atom stereocenters. The van der Waals surface area contributed by atoms with Crippen LogP contribution >= 0.6 is 0 Å². The molecule has 1 heterocycles. The van der Waals surface area contributed by atoms with Crippen LogP contribution in [0, 0.1) is 0 Å². The number of hydrogen-bond donors (Lipinski definition) is 1. The zero-order chi connectivity index (χ0) is 12.5. The number of aryl methyl sites for hydroxylation is 1. The summed E-state index contributed by atoms with van der Waals surface area (Å²) in [5, 5.41) is 3.21. The van der Waals surface area contributed by atoms with Gasteiger partial charge in [-0.1, -0.05) is 24.3 Å². The van der Waals surface area contributed by atoms with Gasteiger partial charge in [-0.25, -0.2) is 4.98 Å². The second kappa shape index (κ2) is 4.18. The van der Waals surface area contributed by atoms with Crippen LogP contribution in [0.4, 0.5) is 5.69 Å². The van der Waals surface area contributed by atoms with E-state index in [1.807, 2.05) is 37.4 Å². The fourth-order valence-corrected chi connectivity index (χ4v) is 2.28. The Morgan fingerprint density at radius 2 is 1.72 bits per heavy atom. The van der Waals surface area contributed by atoms with E-state index in [0.717, 1.165) is 28.1 Å². The topological polar surface area (TPSA) is 29.9 Å². The van der Waals surface area contributed by atoms with Gasteiger partial charge in [-0.15, -0.1) is 0 Å². The van der Waals surface area contributed by atoms with Crippen LogP contribution in [0.2, 0.25) is 0 Å². The molecular weight excluding hydrogens is 222 g/mol. The van der Waals surface area contributed by atoms with Gasteiger partial charge in [0, 0.05) is 25.3 Å². The molecule has 0 amide bonds. The number of hydrogen-bond acceptors (Lipinski definition) is 2. The Balaban J connectivity index is 2.28. The number of anilines is 1. The van der Waals surface area contributed by atoms with Crippen LogP contribution in [0.1, 0.15) is 0 Å². The van der Waals surface area contributed by atoms with Crippen molar-refractivity contribution in [3.63, 3.8) is 0 Å². The second-order valence-corrected chi connectivity index (χ2v) is 4.28. The fraction of sp³-hybridized carbons (Fsp3) is 0.133. The average Bonchev–Trinajstić information content (AvgIpc) is 2.76. The van der Waals surface area contributed by atoms with E-state index in [-0.39, 0.29) is 0 Å². The fourth-order valence-electron chi connectivity index (χ4n) is 2.28. The van der Waals surface area contributed by atoms with E-state index in [0.29, 0.717) is 0 Å². The van der Waals surface area contributed by atoms with Crippen LogP contribution in [0.5, 0.6) is 0 Å². The van der Waals surface area contributed by atoms with Crippen molar-refractivity contribution in [1.29, 1.82) is 0 Å². The molecule has 90 valence electrons. The largest absolute Gasteiger partial charge is 0.388 e. The molecule has 3 heteroatoms. The van der Waals surface area contributed by atoms with Crippen LogP contribution in [-0.2, 0) is 7.05 Å². The third-order valence-corrected chi connectivity index (χ3v) is 3.22. The SMILES string of the molecule is CNc1ccccc1-c1nc2ccccc2n1C. The Hall–Kier alpha value is -2.29. The zero-order valence-corrected chi connectivity index (χ0v) is 10.5. The molecule has 1 aromatic heterocycles. The molecule has 0 aliphatic heterocycles. The van der Waals surface area contributed by atoms with Gasteiger partial charge in [0.25, 0.3) is 0 Å². The molecule has 3 nitrogen and oxygen atoms in total. The van der Waals surface area contributed by atoms with Crippen molar-refractivity contribution in [1.82, 2.24) is 9.55 Å². The highest BCUT2D eigenvalue weighted by Gasteiger charge is 2.11. The van der Waals surface area contributed by atoms with Crippen molar-refractivity contribution >= 4 is 16.7 Å². The Morgan fingerprint density at radius 3 is 2.50 bits per heavy atom. The number of imidazole rings is 1. The molecule has 0 saturated heterocycles. The molecule has 0 spiro atoms. The molecule has 2 aromatic carbocycles. The normalized spacial score (nSPS) is 10.8. The van der Waals surface area contributed by atoms with Crippen LogP contribution < -0.4 is 5.32 Å². The van der Waals surface area contributed by atoms with Gasteiger partial charge in [0.1, 0.15) is 5.82 Å². The van der Waals surface area contributed by atoms with Crippen LogP contribution in [0.15, 0.2) is 48.5 Å². The first kappa shape index (κ1) is 10.8. The lowest BCUT2D eigenvalue weighted by molar-refractivity contribution is 0.959. The lowest BCUT2D eigenvalue weighted by Gasteiger charge is -2.08. The van der Waals surface area contributed by atoms with E-state index in [9.17, 15) is 0 Å². The molecule has 1 N–H and O–H groups in total. The van der Waals surface area contributed by atoms with Gasteiger partial charge < -0.3 is 9.88 Å². The minimum Gasteiger partial charge on any atom is -0.388 e. The van der Waals surface area contributed by atoms with Gasteiger partial charge in [-0.3, -0.25) is 0 Å². The van der Waals surface area contributed by atoms with Crippen LogP contribution in [0.25, 0.3) is 22.4 Å². The van der Waals surface area contributed by atoms with E-state index in [1.165, 1.54) is 0 Å². The standard InChI is InChI=1S/C15H15N3/c1-16-12-8-4-3-7-11(12)15-17-13-9-5-6-10-14(13)18(15)2/h3-10,16H,1-2H3.